The molecule has 0 aliphatic heterocycles. The third-order valence-electron chi connectivity index (χ3n) is 3.37. The molecule has 0 N–H and O–H groups in total. The molecule has 0 fully saturated rings. The Bertz CT molecular complexity index is 955. The Morgan fingerprint density at radius 2 is 2.00 bits per heavy atom. The summed E-state index contributed by atoms with van der Waals surface area (Å²) >= 11 is 5.96. The van der Waals surface area contributed by atoms with Crippen LogP contribution in [0.15, 0.2) is 30.5 Å². The molecule has 0 radical (unpaired) electrons. The highest BCUT2D eigenvalue weighted by Gasteiger charge is 2.35. The number of imidazole rings is 1. The lowest BCUT2D eigenvalue weighted by atomic mass is 10.1. The zero-order chi connectivity index (χ0) is 17.5. The second-order valence-corrected chi connectivity index (χ2v) is 5.27. The Hall–Kier alpha value is -2.66. The minimum Gasteiger partial charge on any atom is -0.308 e. The maximum absolute atomic E-state index is 13.8. The van der Waals surface area contributed by atoms with Crippen LogP contribution in [-0.2, 0) is 12.7 Å². The second kappa shape index (κ2) is 5.76. The molecular formula is C15H7ClF4N4. The number of nitrogens with zero attached hydrogens (tertiary/aromatic N) is 4. The number of pyridine rings is 1. The van der Waals surface area contributed by atoms with Crippen molar-refractivity contribution in [1.29, 1.82) is 5.26 Å². The van der Waals surface area contributed by atoms with Gasteiger partial charge >= 0.3 is 6.18 Å². The Balaban J connectivity index is 2.06. The predicted molar refractivity (Wildman–Crippen MR) is 77.8 cm³/mol. The second-order valence-electron chi connectivity index (χ2n) is 4.94. The molecular weight excluding hydrogens is 348 g/mol. The van der Waals surface area contributed by atoms with Crippen molar-refractivity contribution in [3.8, 4) is 6.07 Å². The number of alkyl halides is 3. The van der Waals surface area contributed by atoms with Gasteiger partial charge in [-0.1, -0.05) is 0 Å². The maximum Gasteiger partial charge on any atom is 0.419 e. The van der Waals surface area contributed by atoms with Crippen molar-refractivity contribution in [3.05, 3.63) is 58.4 Å². The lowest BCUT2D eigenvalue weighted by Crippen LogP contribution is -2.08. The predicted octanol–water partition coefficient (Wildman–Crippen LogP) is 4.16. The van der Waals surface area contributed by atoms with E-state index in [1.54, 1.807) is 6.07 Å². The molecule has 0 saturated heterocycles. The van der Waals surface area contributed by atoms with Crippen LogP contribution in [-0.4, -0.2) is 14.5 Å². The van der Waals surface area contributed by atoms with Crippen LogP contribution in [0, 0.1) is 17.1 Å². The maximum atomic E-state index is 13.8. The molecule has 0 atom stereocenters. The molecule has 1 aromatic carbocycles. The fourth-order valence-corrected chi connectivity index (χ4v) is 2.47. The van der Waals surface area contributed by atoms with E-state index in [9.17, 15) is 17.6 Å². The van der Waals surface area contributed by atoms with Gasteiger partial charge in [-0.15, -0.1) is 0 Å². The zero-order valence-electron chi connectivity index (χ0n) is 11.8. The molecule has 2 heterocycles. The summed E-state index contributed by atoms with van der Waals surface area (Å²) in [5.74, 6) is -1.40. The molecule has 3 rings (SSSR count). The minimum absolute atomic E-state index is 0.0672. The number of nitriles is 1. The number of fused-ring (bicyclic) bond motifs is 1. The van der Waals surface area contributed by atoms with E-state index in [1.807, 2.05) is 6.07 Å². The normalized spacial score (nSPS) is 11.7. The molecule has 122 valence electrons. The molecule has 3 aromatic rings. The third-order valence-corrected chi connectivity index (χ3v) is 3.66. The third kappa shape index (κ3) is 2.90. The first kappa shape index (κ1) is 16.2. The summed E-state index contributed by atoms with van der Waals surface area (Å²) < 4.78 is 53.4. The topological polar surface area (TPSA) is 54.5 Å². The van der Waals surface area contributed by atoms with Crippen molar-refractivity contribution < 1.29 is 17.6 Å². The van der Waals surface area contributed by atoms with Crippen LogP contribution >= 0.6 is 11.6 Å². The number of rotatable bonds is 2. The quantitative estimate of drug-likeness (QED) is 0.649. The Morgan fingerprint density at radius 3 is 2.58 bits per heavy atom. The molecule has 24 heavy (non-hydrogen) atoms. The van der Waals surface area contributed by atoms with Crippen molar-refractivity contribution in [2.45, 2.75) is 12.7 Å². The molecule has 0 aliphatic rings. The van der Waals surface area contributed by atoms with Gasteiger partial charge in [0, 0.05) is 12.3 Å². The van der Waals surface area contributed by atoms with Crippen LogP contribution in [0.2, 0.25) is 5.28 Å². The van der Waals surface area contributed by atoms with Crippen LogP contribution in [0.1, 0.15) is 16.8 Å². The van der Waals surface area contributed by atoms with Gasteiger partial charge < -0.3 is 4.57 Å². The van der Waals surface area contributed by atoms with Gasteiger partial charge in [-0.05, 0) is 29.8 Å². The van der Waals surface area contributed by atoms with Gasteiger partial charge in [0.25, 0.3) is 0 Å². The van der Waals surface area contributed by atoms with Crippen molar-refractivity contribution in [2.24, 2.45) is 0 Å². The van der Waals surface area contributed by atoms with E-state index in [-0.39, 0.29) is 22.9 Å². The summed E-state index contributed by atoms with van der Waals surface area (Å²) in [5.41, 5.74) is -0.483. The van der Waals surface area contributed by atoms with Crippen LogP contribution < -0.4 is 0 Å². The van der Waals surface area contributed by atoms with Crippen LogP contribution in [0.5, 0.6) is 0 Å². The van der Waals surface area contributed by atoms with Crippen LogP contribution in [0.3, 0.4) is 0 Å². The fourth-order valence-electron chi connectivity index (χ4n) is 2.23. The average Bonchev–Trinajstić information content (AvgIpc) is 2.82. The van der Waals surface area contributed by atoms with Crippen molar-refractivity contribution in [1.82, 2.24) is 14.5 Å². The zero-order valence-corrected chi connectivity index (χ0v) is 12.5. The van der Waals surface area contributed by atoms with Crippen molar-refractivity contribution in [2.75, 3.05) is 0 Å². The standard InChI is InChI=1S/C15H7ClF4N4/c16-14-23-12-3-10(15(18,19)20)11(17)4-13(12)24(14)7-9-2-1-8(5-21)6-22-9/h1-4,6H,7H2. The average molecular weight is 355 g/mol. The van der Waals surface area contributed by atoms with Gasteiger partial charge in [0.2, 0.25) is 5.28 Å². The monoisotopic (exact) mass is 354 g/mol. The van der Waals surface area contributed by atoms with E-state index in [0.29, 0.717) is 17.3 Å². The highest BCUT2D eigenvalue weighted by Crippen LogP contribution is 2.34. The van der Waals surface area contributed by atoms with Gasteiger partial charge in [-0.3, -0.25) is 4.98 Å². The van der Waals surface area contributed by atoms with Gasteiger partial charge in [0.05, 0.1) is 34.4 Å². The molecule has 0 unspecified atom stereocenters. The smallest absolute Gasteiger partial charge is 0.308 e. The number of hydrogen-bond donors (Lipinski definition) is 0. The van der Waals surface area contributed by atoms with E-state index in [2.05, 4.69) is 9.97 Å². The minimum atomic E-state index is -4.82. The molecule has 2 aromatic heterocycles. The van der Waals surface area contributed by atoms with E-state index in [0.717, 1.165) is 6.07 Å². The van der Waals surface area contributed by atoms with Gasteiger partial charge in [-0.25, -0.2) is 9.37 Å². The summed E-state index contributed by atoms with van der Waals surface area (Å²) in [6.45, 7) is 0.0752. The lowest BCUT2D eigenvalue weighted by Gasteiger charge is -2.09. The Labute approximate surface area is 137 Å². The summed E-state index contributed by atoms with van der Waals surface area (Å²) in [5, 5.41) is 8.64. The molecule has 9 heteroatoms. The Kier molecular flexibility index (Phi) is 3.89. The van der Waals surface area contributed by atoms with E-state index in [4.69, 9.17) is 16.9 Å². The molecule has 0 bridgehead atoms. The Morgan fingerprint density at radius 1 is 1.25 bits per heavy atom. The number of aromatic nitrogens is 3. The van der Waals surface area contributed by atoms with Gasteiger partial charge in [-0.2, -0.15) is 18.4 Å². The number of hydrogen-bond acceptors (Lipinski definition) is 3. The first-order valence-corrected chi connectivity index (χ1v) is 6.95. The lowest BCUT2D eigenvalue weighted by molar-refractivity contribution is -0.139. The highest BCUT2D eigenvalue weighted by molar-refractivity contribution is 6.29. The van der Waals surface area contributed by atoms with Crippen molar-refractivity contribution in [3.63, 3.8) is 0 Å². The molecule has 0 amide bonds. The molecule has 0 saturated carbocycles. The first-order chi connectivity index (χ1) is 11.3. The van der Waals surface area contributed by atoms with E-state index in [1.165, 1.54) is 16.8 Å². The van der Waals surface area contributed by atoms with E-state index < -0.39 is 17.6 Å². The number of halogens is 5. The molecule has 0 spiro atoms. The van der Waals surface area contributed by atoms with Crippen LogP contribution in [0.4, 0.5) is 17.6 Å². The largest absolute Gasteiger partial charge is 0.419 e. The van der Waals surface area contributed by atoms with E-state index >= 15 is 0 Å². The molecule has 0 aliphatic carbocycles. The summed E-state index contributed by atoms with van der Waals surface area (Å²) in [7, 11) is 0. The first-order valence-electron chi connectivity index (χ1n) is 6.57. The summed E-state index contributed by atoms with van der Waals surface area (Å²) in [6, 6.07) is 6.40. The summed E-state index contributed by atoms with van der Waals surface area (Å²) in [4.78, 5) is 7.89. The number of benzene rings is 1. The summed E-state index contributed by atoms with van der Waals surface area (Å²) in [6.07, 6.45) is -3.46. The molecule has 4 nitrogen and oxygen atoms in total. The highest BCUT2D eigenvalue weighted by atomic mass is 35.5. The SMILES string of the molecule is N#Cc1ccc(Cn2c(Cl)nc3cc(C(F)(F)F)c(F)cc32)nc1. The van der Waals surface area contributed by atoms with Gasteiger partial charge in [0.15, 0.2) is 0 Å². The fraction of sp³-hybridized carbons (Fsp3) is 0.133. The van der Waals surface area contributed by atoms with Crippen molar-refractivity contribution >= 4 is 22.6 Å². The van der Waals surface area contributed by atoms with Crippen LogP contribution in [0.25, 0.3) is 11.0 Å². The van der Waals surface area contributed by atoms with Gasteiger partial charge in [0.1, 0.15) is 11.9 Å².